The number of anilines is 1. The number of benzene rings is 1. The zero-order chi connectivity index (χ0) is 13.8. The van der Waals surface area contributed by atoms with Gasteiger partial charge in [0.2, 0.25) is 0 Å². The van der Waals surface area contributed by atoms with Crippen LogP contribution in [-0.4, -0.2) is 25.6 Å². The van der Waals surface area contributed by atoms with Crippen molar-refractivity contribution in [1.82, 2.24) is 0 Å². The smallest absolute Gasteiger partial charge is 0.265 e. The van der Waals surface area contributed by atoms with E-state index in [0.29, 0.717) is 25.6 Å². The molecule has 4 N–H and O–H groups in total. The summed E-state index contributed by atoms with van der Waals surface area (Å²) in [6.45, 7) is 3.95. The molecule has 0 radical (unpaired) electrons. The van der Waals surface area contributed by atoms with E-state index in [2.05, 4.69) is 6.92 Å². The number of rotatable bonds is 5. The Balaban J connectivity index is 2.25. The highest BCUT2D eigenvalue weighted by Gasteiger charge is 2.26. The van der Waals surface area contributed by atoms with Crippen LogP contribution in [0.5, 0.6) is 5.75 Å². The van der Waals surface area contributed by atoms with E-state index in [0.717, 1.165) is 23.4 Å². The van der Waals surface area contributed by atoms with Gasteiger partial charge in [0.05, 0.1) is 5.69 Å². The maximum atomic E-state index is 12.0. The van der Waals surface area contributed by atoms with Crippen molar-refractivity contribution in [2.45, 2.75) is 19.9 Å². The molecule has 0 saturated heterocycles. The van der Waals surface area contributed by atoms with E-state index in [1.807, 2.05) is 18.2 Å². The van der Waals surface area contributed by atoms with Crippen molar-refractivity contribution < 1.29 is 9.53 Å². The monoisotopic (exact) mass is 263 g/mol. The standard InChI is InChI=1S/C14H21N3O2/c1-10(4-5-15)8-17-12-6-11(7-16)2-3-13(12)19-9-14(17)18/h2-3,6,10H,4-5,7-9,15-16H2,1H3. The first-order valence-corrected chi connectivity index (χ1v) is 6.62. The van der Waals surface area contributed by atoms with E-state index in [1.165, 1.54) is 0 Å². The van der Waals surface area contributed by atoms with Crippen LogP contribution in [0.4, 0.5) is 5.69 Å². The zero-order valence-corrected chi connectivity index (χ0v) is 11.3. The minimum Gasteiger partial charge on any atom is -0.482 e. The normalized spacial score (nSPS) is 15.9. The number of nitrogens with zero attached hydrogens (tertiary/aromatic N) is 1. The molecule has 1 aromatic carbocycles. The Hall–Kier alpha value is -1.59. The summed E-state index contributed by atoms with van der Waals surface area (Å²) in [6, 6.07) is 5.74. The van der Waals surface area contributed by atoms with Crippen LogP contribution >= 0.6 is 0 Å². The van der Waals surface area contributed by atoms with Crippen molar-refractivity contribution in [1.29, 1.82) is 0 Å². The number of fused-ring (bicyclic) bond motifs is 1. The number of carbonyl (C=O) groups is 1. The topological polar surface area (TPSA) is 81.6 Å². The summed E-state index contributed by atoms with van der Waals surface area (Å²) in [4.78, 5) is 13.8. The van der Waals surface area contributed by atoms with Gasteiger partial charge in [0.25, 0.3) is 5.91 Å². The summed E-state index contributed by atoms with van der Waals surface area (Å²) in [5.41, 5.74) is 13.0. The summed E-state index contributed by atoms with van der Waals surface area (Å²) in [7, 11) is 0. The van der Waals surface area contributed by atoms with Crippen molar-refractivity contribution in [2.24, 2.45) is 17.4 Å². The molecule has 1 unspecified atom stereocenters. The average molecular weight is 263 g/mol. The predicted octanol–water partition coefficient (Wildman–Crippen LogP) is 0.856. The molecule has 5 nitrogen and oxygen atoms in total. The van der Waals surface area contributed by atoms with Gasteiger partial charge in [-0.3, -0.25) is 4.79 Å². The van der Waals surface area contributed by atoms with Crippen LogP contribution in [0.2, 0.25) is 0 Å². The van der Waals surface area contributed by atoms with Crippen LogP contribution < -0.4 is 21.1 Å². The van der Waals surface area contributed by atoms with Gasteiger partial charge >= 0.3 is 0 Å². The Morgan fingerprint density at radius 2 is 2.21 bits per heavy atom. The molecule has 2 rings (SSSR count). The summed E-state index contributed by atoms with van der Waals surface area (Å²) < 4.78 is 5.45. The molecule has 0 aromatic heterocycles. The Morgan fingerprint density at radius 1 is 1.42 bits per heavy atom. The maximum absolute atomic E-state index is 12.0. The fraction of sp³-hybridized carbons (Fsp3) is 0.500. The Bertz CT molecular complexity index is 462. The van der Waals surface area contributed by atoms with E-state index in [4.69, 9.17) is 16.2 Å². The average Bonchev–Trinajstić information content (AvgIpc) is 2.42. The number of hydrogen-bond donors (Lipinski definition) is 2. The van der Waals surface area contributed by atoms with Crippen molar-refractivity contribution in [3.8, 4) is 5.75 Å². The van der Waals surface area contributed by atoms with Crippen LogP contribution in [0.15, 0.2) is 18.2 Å². The predicted molar refractivity (Wildman–Crippen MR) is 75.0 cm³/mol. The summed E-state index contributed by atoms with van der Waals surface area (Å²) in [6.07, 6.45) is 0.899. The first-order valence-electron chi connectivity index (χ1n) is 6.62. The van der Waals surface area contributed by atoms with Crippen molar-refractivity contribution in [3.05, 3.63) is 23.8 Å². The molecule has 1 atom stereocenters. The number of ether oxygens (including phenoxy) is 1. The molecule has 19 heavy (non-hydrogen) atoms. The molecule has 1 aliphatic heterocycles. The van der Waals surface area contributed by atoms with Gasteiger partial charge in [-0.1, -0.05) is 13.0 Å². The third kappa shape index (κ3) is 3.05. The molecule has 1 amide bonds. The molecular weight excluding hydrogens is 242 g/mol. The van der Waals surface area contributed by atoms with Gasteiger partial charge in [0, 0.05) is 13.1 Å². The SMILES string of the molecule is CC(CCN)CN1C(=O)COc2ccc(CN)cc21. The largest absolute Gasteiger partial charge is 0.482 e. The number of carbonyl (C=O) groups excluding carboxylic acids is 1. The van der Waals surface area contributed by atoms with Gasteiger partial charge < -0.3 is 21.1 Å². The highest BCUT2D eigenvalue weighted by atomic mass is 16.5. The second-order valence-electron chi connectivity index (χ2n) is 4.98. The summed E-state index contributed by atoms with van der Waals surface area (Å²) in [5.74, 6) is 1.10. The molecule has 5 heteroatoms. The van der Waals surface area contributed by atoms with Gasteiger partial charge in [-0.05, 0) is 36.6 Å². The van der Waals surface area contributed by atoms with E-state index in [-0.39, 0.29) is 12.5 Å². The van der Waals surface area contributed by atoms with E-state index < -0.39 is 0 Å². The van der Waals surface area contributed by atoms with E-state index in [1.54, 1.807) is 4.90 Å². The first-order chi connectivity index (χ1) is 9.15. The quantitative estimate of drug-likeness (QED) is 0.825. The van der Waals surface area contributed by atoms with Crippen LogP contribution in [-0.2, 0) is 11.3 Å². The third-order valence-electron chi connectivity index (χ3n) is 3.36. The lowest BCUT2D eigenvalue weighted by atomic mass is 10.1. The molecule has 0 bridgehead atoms. The number of hydrogen-bond acceptors (Lipinski definition) is 4. The van der Waals surface area contributed by atoms with Crippen molar-refractivity contribution in [2.75, 3.05) is 24.6 Å². The van der Waals surface area contributed by atoms with Gasteiger partial charge in [0.15, 0.2) is 6.61 Å². The van der Waals surface area contributed by atoms with E-state index >= 15 is 0 Å². The fourth-order valence-corrected chi connectivity index (χ4v) is 2.26. The highest BCUT2D eigenvalue weighted by molar-refractivity contribution is 5.97. The van der Waals surface area contributed by atoms with Gasteiger partial charge in [0.1, 0.15) is 5.75 Å². The minimum absolute atomic E-state index is 0.00876. The van der Waals surface area contributed by atoms with Crippen LogP contribution in [0.25, 0.3) is 0 Å². The summed E-state index contributed by atoms with van der Waals surface area (Å²) in [5, 5.41) is 0. The van der Waals surface area contributed by atoms with Crippen LogP contribution in [0.3, 0.4) is 0 Å². The lowest BCUT2D eigenvalue weighted by Gasteiger charge is -2.31. The second-order valence-corrected chi connectivity index (χ2v) is 4.98. The number of amides is 1. The molecule has 0 fully saturated rings. The lowest BCUT2D eigenvalue weighted by Crippen LogP contribution is -2.41. The first kappa shape index (κ1) is 13.8. The molecule has 0 aliphatic carbocycles. The van der Waals surface area contributed by atoms with Crippen molar-refractivity contribution >= 4 is 11.6 Å². The molecule has 104 valence electrons. The zero-order valence-electron chi connectivity index (χ0n) is 11.3. The molecule has 1 aromatic rings. The van der Waals surface area contributed by atoms with Crippen LogP contribution in [0.1, 0.15) is 18.9 Å². The third-order valence-corrected chi connectivity index (χ3v) is 3.36. The van der Waals surface area contributed by atoms with Gasteiger partial charge in [-0.2, -0.15) is 0 Å². The van der Waals surface area contributed by atoms with Crippen LogP contribution in [0, 0.1) is 5.92 Å². The Morgan fingerprint density at radius 3 is 2.89 bits per heavy atom. The molecule has 0 spiro atoms. The molecule has 0 saturated carbocycles. The second kappa shape index (κ2) is 6.04. The summed E-state index contributed by atoms with van der Waals surface area (Å²) >= 11 is 0. The fourth-order valence-electron chi connectivity index (χ4n) is 2.26. The lowest BCUT2D eigenvalue weighted by molar-refractivity contribution is -0.121. The molecular formula is C14H21N3O2. The Labute approximate surface area is 113 Å². The molecule has 1 heterocycles. The van der Waals surface area contributed by atoms with Crippen molar-refractivity contribution in [3.63, 3.8) is 0 Å². The highest BCUT2D eigenvalue weighted by Crippen LogP contribution is 2.33. The van der Waals surface area contributed by atoms with Gasteiger partial charge in [-0.15, -0.1) is 0 Å². The number of nitrogens with two attached hydrogens (primary N) is 2. The van der Waals surface area contributed by atoms with E-state index in [9.17, 15) is 4.79 Å². The molecule has 1 aliphatic rings. The van der Waals surface area contributed by atoms with Gasteiger partial charge in [-0.25, -0.2) is 0 Å². The minimum atomic E-state index is -0.00876. The Kier molecular flexibility index (Phi) is 4.39. The maximum Gasteiger partial charge on any atom is 0.265 e.